The average Bonchev–Trinajstić information content (AvgIpc) is 2.41. The molecule has 1 aliphatic carbocycles. The van der Waals surface area contributed by atoms with Gasteiger partial charge in [0.1, 0.15) is 11.9 Å². The second kappa shape index (κ2) is 6.62. The fourth-order valence-corrected chi connectivity index (χ4v) is 3.11. The second-order valence-electron chi connectivity index (χ2n) is 5.80. The van der Waals surface area contributed by atoms with Crippen LogP contribution in [0.5, 0.6) is 5.75 Å². The van der Waals surface area contributed by atoms with Crippen molar-refractivity contribution in [3.05, 3.63) is 29.3 Å². The Morgan fingerprint density at radius 1 is 1.26 bits per heavy atom. The van der Waals surface area contributed by atoms with Gasteiger partial charge >= 0.3 is 0 Å². The van der Waals surface area contributed by atoms with Gasteiger partial charge < -0.3 is 10.1 Å². The molecule has 2 nitrogen and oxygen atoms in total. The van der Waals surface area contributed by atoms with Gasteiger partial charge in [0.15, 0.2) is 0 Å². The number of para-hydroxylation sites is 1. The van der Waals surface area contributed by atoms with Crippen molar-refractivity contribution in [1.82, 2.24) is 5.32 Å². The van der Waals surface area contributed by atoms with E-state index in [0.29, 0.717) is 11.1 Å². The van der Waals surface area contributed by atoms with E-state index in [1.165, 1.54) is 12.8 Å². The lowest BCUT2D eigenvalue weighted by Gasteiger charge is -2.37. The van der Waals surface area contributed by atoms with Gasteiger partial charge in [-0.25, -0.2) is 0 Å². The molecule has 0 radical (unpaired) electrons. The summed E-state index contributed by atoms with van der Waals surface area (Å²) in [5.74, 6) is 2.27. The van der Waals surface area contributed by atoms with Gasteiger partial charge in [-0.1, -0.05) is 37.6 Å². The third kappa shape index (κ3) is 3.64. The van der Waals surface area contributed by atoms with E-state index in [9.17, 15) is 0 Å². The number of hydrogen-bond donors (Lipinski definition) is 1. The lowest BCUT2D eigenvalue weighted by atomic mass is 9.78. The smallest absolute Gasteiger partial charge is 0.138 e. The van der Waals surface area contributed by atoms with Crippen molar-refractivity contribution in [3.63, 3.8) is 0 Å². The number of halogens is 1. The largest absolute Gasteiger partial charge is 0.487 e. The van der Waals surface area contributed by atoms with Crippen LogP contribution in [0.2, 0.25) is 5.02 Å². The summed E-state index contributed by atoms with van der Waals surface area (Å²) in [6.07, 6.45) is 3.78. The van der Waals surface area contributed by atoms with Crippen molar-refractivity contribution in [2.24, 2.45) is 11.8 Å². The Balaban J connectivity index is 2.08. The van der Waals surface area contributed by atoms with E-state index < -0.39 is 0 Å². The number of hydrogen-bond acceptors (Lipinski definition) is 2. The van der Waals surface area contributed by atoms with Gasteiger partial charge in [0.2, 0.25) is 0 Å². The Hall–Kier alpha value is -0.730. The first-order valence-corrected chi connectivity index (χ1v) is 7.58. The number of nitrogens with one attached hydrogen (secondary N) is 1. The number of benzene rings is 1. The van der Waals surface area contributed by atoms with Gasteiger partial charge in [-0.15, -0.1) is 0 Å². The molecule has 0 saturated heterocycles. The molecule has 0 amide bonds. The molecule has 106 valence electrons. The molecule has 0 heterocycles. The maximum atomic E-state index is 6.19. The lowest BCUT2D eigenvalue weighted by Crippen LogP contribution is -2.46. The minimum Gasteiger partial charge on any atom is -0.487 e. The summed E-state index contributed by atoms with van der Waals surface area (Å²) in [4.78, 5) is 0. The van der Waals surface area contributed by atoms with Crippen LogP contribution in [0.1, 0.15) is 33.1 Å². The van der Waals surface area contributed by atoms with E-state index in [1.54, 1.807) is 0 Å². The SMILES string of the molecule is CNC1CCC(C(C)C)CC1Oc1ccccc1Cl. The van der Waals surface area contributed by atoms with E-state index in [4.69, 9.17) is 16.3 Å². The van der Waals surface area contributed by atoms with Gasteiger partial charge in [-0.2, -0.15) is 0 Å². The molecular formula is C16H24ClNO. The maximum Gasteiger partial charge on any atom is 0.138 e. The standard InChI is InChI=1S/C16H24ClNO/c1-11(2)12-8-9-14(18-3)16(10-12)19-15-7-5-4-6-13(15)17/h4-7,11-12,14,16,18H,8-10H2,1-3H3. The van der Waals surface area contributed by atoms with Crippen molar-refractivity contribution in [1.29, 1.82) is 0 Å². The first-order valence-electron chi connectivity index (χ1n) is 7.20. The Morgan fingerprint density at radius 3 is 2.63 bits per heavy atom. The average molecular weight is 282 g/mol. The molecule has 3 heteroatoms. The van der Waals surface area contributed by atoms with E-state index in [0.717, 1.165) is 24.0 Å². The van der Waals surface area contributed by atoms with Gasteiger partial charge in [0.05, 0.1) is 5.02 Å². The molecule has 3 unspecified atom stereocenters. The van der Waals surface area contributed by atoms with E-state index in [-0.39, 0.29) is 6.10 Å². The van der Waals surface area contributed by atoms with E-state index in [1.807, 2.05) is 31.3 Å². The Labute approximate surface area is 121 Å². The van der Waals surface area contributed by atoms with Crippen LogP contribution in [0.25, 0.3) is 0 Å². The summed E-state index contributed by atoms with van der Waals surface area (Å²) < 4.78 is 6.18. The van der Waals surface area contributed by atoms with Crippen LogP contribution in [0.4, 0.5) is 0 Å². The van der Waals surface area contributed by atoms with Crippen LogP contribution in [-0.4, -0.2) is 19.2 Å². The molecule has 1 aromatic carbocycles. The van der Waals surface area contributed by atoms with Crippen LogP contribution in [-0.2, 0) is 0 Å². The van der Waals surface area contributed by atoms with Gasteiger partial charge in [0.25, 0.3) is 0 Å². The molecule has 0 aromatic heterocycles. The third-order valence-electron chi connectivity index (χ3n) is 4.26. The Kier molecular flexibility index (Phi) is 5.12. The molecule has 1 fully saturated rings. The predicted molar refractivity (Wildman–Crippen MR) is 80.9 cm³/mol. The second-order valence-corrected chi connectivity index (χ2v) is 6.21. The van der Waals surface area contributed by atoms with Crippen molar-refractivity contribution < 1.29 is 4.74 Å². The highest BCUT2D eigenvalue weighted by Crippen LogP contribution is 2.34. The molecule has 0 bridgehead atoms. The predicted octanol–water partition coefficient (Wildman–Crippen LogP) is 4.13. The zero-order valence-corrected chi connectivity index (χ0v) is 12.8. The first kappa shape index (κ1) is 14.7. The zero-order chi connectivity index (χ0) is 13.8. The van der Waals surface area contributed by atoms with Crippen molar-refractivity contribution in [3.8, 4) is 5.75 Å². The summed E-state index contributed by atoms with van der Waals surface area (Å²) in [6.45, 7) is 4.61. The van der Waals surface area contributed by atoms with Gasteiger partial charge in [-0.3, -0.25) is 0 Å². The topological polar surface area (TPSA) is 21.3 Å². The summed E-state index contributed by atoms with van der Waals surface area (Å²) in [5, 5.41) is 4.08. The highest BCUT2D eigenvalue weighted by Gasteiger charge is 2.32. The normalized spacial score (nSPS) is 27.5. The van der Waals surface area contributed by atoms with Crippen LogP contribution < -0.4 is 10.1 Å². The summed E-state index contributed by atoms with van der Waals surface area (Å²) in [5.41, 5.74) is 0. The fourth-order valence-electron chi connectivity index (χ4n) is 2.93. The highest BCUT2D eigenvalue weighted by atomic mass is 35.5. The zero-order valence-electron chi connectivity index (χ0n) is 12.0. The number of likely N-dealkylation sites (N-methyl/N-ethyl adjacent to an activating group) is 1. The van der Waals surface area contributed by atoms with Crippen molar-refractivity contribution >= 4 is 11.6 Å². The van der Waals surface area contributed by atoms with Crippen LogP contribution >= 0.6 is 11.6 Å². The third-order valence-corrected chi connectivity index (χ3v) is 4.57. The molecule has 1 aromatic rings. The molecule has 1 aliphatic rings. The quantitative estimate of drug-likeness (QED) is 0.896. The molecule has 2 rings (SSSR count). The molecule has 19 heavy (non-hydrogen) atoms. The minimum absolute atomic E-state index is 0.214. The van der Waals surface area contributed by atoms with Crippen LogP contribution in [0.3, 0.4) is 0 Å². The maximum absolute atomic E-state index is 6.19. The molecule has 1 N–H and O–H groups in total. The van der Waals surface area contributed by atoms with Crippen LogP contribution in [0.15, 0.2) is 24.3 Å². The molecular weight excluding hydrogens is 258 g/mol. The highest BCUT2D eigenvalue weighted by molar-refractivity contribution is 6.32. The monoisotopic (exact) mass is 281 g/mol. The first-order chi connectivity index (χ1) is 9.11. The van der Waals surface area contributed by atoms with Gasteiger partial charge in [-0.05, 0) is 50.3 Å². The van der Waals surface area contributed by atoms with Crippen molar-refractivity contribution in [2.45, 2.75) is 45.3 Å². The Morgan fingerprint density at radius 2 is 2.00 bits per heavy atom. The van der Waals surface area contributed by atoms with Crippen LogP contribution in [0, 0.1) is 11.8 Å². The van der Waals surface area contributed by atoms with Crippen molar-refractivity contribution in [2.75, 3.05) is 7.05 Å². The van der Waals surface area contributed by atoms with E-state index in [2.05, 4.69) is 19.2 Å². The number of ether oxygens (including phenoxy) is 1. The lowest BCUT2D eigenvalue weighted by molar-refractivity contribution is 0.0750. The van der Waals surface area contributed by atoms with E-state index >= 15 is 0 Å². The van der Waals surface area contributed by atoms with Gasteiger partial charge in [0, 0.05) is 6.04 Å². The fraction of sp³-hybridized carbons (Fsp3) is 0.625. The summed E-state index contributed by atoms with van der Waals surface area (Å²) in [6, 6.07) is 8.16. The molecule has 0 aliphatic heterocycles. The molecule has 0 spiro atoms. The summed E-state index contributed by atoms with van der Waals surface area (Å²) in [7, 11) is 2.02. The molecule has 1 saturated carbocycles. The molecule has 3 atom stereocenters. The Bertz CT molecular complexity index is 407. The summed E-state index contributed by atoms with van der Waals surface area (Å²) >= 11 is 6.19. The number of rotatable bonds is 4. The minimum atomic E-state index is 0.214.